The zero-order valence-corrected chi connectivity index (χ0v) is 12.3. The standard InChI is InChI=1S/C14H15N3O3S/c1-9-5-6-10-3-2-4-12(14(10)16-9)17-8-11(7-13(17)18)21(15,19)20/h2-6,11H,7-8H2,1H3,(H2,15,19,20). The third-order valence-corrected chi connectivity index (χ3v) is 4.93. The van der Waals surface area contributed by atoms with Crippen LogP contribution in [0.15, 0.2) is 30.3 Å². The number of hydrogen-bond acceptors (Lipinski definition) is 4. The first kappa shape index (κ1) is 14.0. The first-order chi connectivity index (χ1) is 9.86. The van der Waals surface area contributed by atoms with E-state index >= 15 is 0 Å². The van der Waals surface area contributed by atoms with Crippen LogP contribution in [0.2, 0.25) is 0 Å². The highest BCUT2D eigenvalue weighted by molar-refractivity contribution is 7.89. The number of carbonyl (C=O) groups excluding carboxylic acids is 1. The van der Waals surface area contributed by atoms with Gasteiger partial charge in [0.25, 0.3) is 0 Å². The number of nitrogens with two attached hydrogens (primary N) is 1. The summed E-state index contributed by atoms with van der Waals surface area (Å²) in [6, 6.07) is 9.33. The van der Waals surface area contributed by atoms with Crippen LogP contribution in [0.5, 0.6) is 0 Å². The van der Waals surface area contributed by atoms with Crippen molar-refractivity contribution in [1.29, 1.82) is 0 Å². The van der Waals surface area contributed by atoms with Gasteiger partial charge in [-0.15, -0.1) is 0 Å². The van der Waals surface area contributed by atoms with Crippen molar-refractivity contribution in [3.8, 4) is 0 Å². The summed E-state index contributed by atoms with van der Waals surface area (Å²) in [4.78, 5) is 18.1. The molecule has 0 aliphatic carbocycles. The molecule has 0 spiro atoms. The van der Waals surface area contributed by atoms with E-state index < -0.39 is 15.3 Å². The van der Waals surface area contributed by atoms with E-state index in [-0.39, 0.29) is 18.9 Å². The lowest BCUT2D eigenvalue weighted by atomic mass is 10.1. The zero-order chi connectivity index (χ0) is 15.2. The average molecular weight is 305 g/mol. The highest BCUT2D eigenvalue weighted by Crippen LogP contribution is 2.30. The van der Waals surface area contributed by atoms with E-state index in [0.29, 0.717) is 11.2 Å². The molecule has 2 N–H and O–H groups in total. The third kappa shape index (κ3) is 2.50. The summed E-state index contributed by atoms with van der Waals surface area (Å²) >= 11 is 0. The van der Waals surface area contributed by atoms with Gasteiger partial charge in [-0.05, 0) is 19.1 Å². The van der Waals surface area contributed by atoms with Crippen molar-refractivity contribution in [2.75, 3.05) is 11.4 Å². The van der Waals surface area contributed by atoms with E-state index in [9.17, 15) is 13.2 Å². The maximum atomic E-state index is 12.1. The van der Waals surface area contributed by atoms with Gasteiger partial charge in [-0.3, -0.25) is 9.78 Å². The van der Waals surface area contributed by atoms with Crippen LogP contribution in [-0.4, -0.2) is 31.1 Å². The number of amides is 1. The molecule has 1 aromatic carbocycles. The molecular weight excluding hydrogens is 290 g/mol. The summed E-state index contributed by atoms with van der Waals surface area (Å²) in [6.07, 6.45) is -0.0823. The Labute approximate surface area is 122 Å². The smallest absolute Gasteiger partial charge is 0.228 e. The summed E-state index contributed by atoms with van der Waals surface area (Å²) < 4.78 is 22.9. The molecular formula is C14H15N3O3S. The molecule has 3 rings (SSSR count). The molecule has 1 aromatic heterocycles. The normalized spacial score (nSPS) is 19.4. The number of aryl methyl sites for hydroxylation is 1. The lowest BCUT2D eigenvalue weighted by Gasteiger charge is -2.18. The van der Waals surface area contributed by atoms with Crippen LogP contribution in [0.25, 0.3) is 10.9 Å². The lowest BCUT2D eigenvalue weighted by Crippen LogP contribution is -2.32. The Bertz CT molecular complexity index is 832. The van der Waals surface area contributed by atoms with Crippen molar-refractivity contribution in [3.05, 3.63) is 36.0 Å². The van der Waals surface area contributed by atoms with Gasteiger partial charge >= 0.3 is 0 Å². The van der Waals surface area contributed by atoms with E-state index in [4.69, 9.17) is 5.14 Å². The predicted octanol–water partition coefficient (Wildman–Crippen LogP) is 0.937. The predicted molar refractivity (Wildman–Crippen MR) is 80.3 cm³/mol. The van der Waals surface area contributed by atoms with Crippen molar-refractivity contribution >= 4 is 32.5 Å². The minimum Gasteiger partial charge on any atom is -0.309 e. The number of primary sulfonamides is 1. The van der Waals surface area contributed by atoms with Crippen molar-refractivity contribution in [3.63, 3.8) is 0 Å². The quantitative estimate of drug-likeness (QED) is 0.893. The van der Waals surface area contributed by atoms with Gasteiger partial charge < -0.3 is 4.90 Å². The molecule has 1 aliphatic heterocycles. The van der Waals surface area contributed by atoms with Gasteiger partial charge in [-0.25, -0.2) is 13.6 Å². The highest BCUT2D eigenvalue weighted by Gasteiger charge is 2.37. The van der Waals surface area contributed by atoms with E-state index in [1.165, 1.54) is 4.90 Å². The van der Waals surface area contributed by atoms with Crippen LogP contribution in [0.4, 0.5) is 5.69 Å². The van der Waals surface area contributed by atoms with E-state index in [1.54, 1.807) is 6.07 Å². The van der Waals surface area contributed by atoms with Crippen LogP contribution < -0.4 is 10.0 Å². The van der Waals surface area contributed by atoms with Crippen LogP contribution in [0, 0.1) is 6.92 Å². The fourth-order valence-corrected chi connectivity index (χ4v) is 3.31. The second-order valence-corrected chi connectivity index (χ2v) is 7.07. The third-order valence-electron chi connectivity index (χ3n) is 3.68. The second-order valence-electron chi connectivity index (χ2n) is 5.22. The number of nitrogens with zero attached hydrogens (tertiary/aromatic N) is 2. The zero-order valence-electron chi connectivity index (χ0n) is 11.5. The molecule has 0 bridgehead atoms. The van der Waals surface area contributed by atoms with Crippen LogP contribution in [0.3, 0.4) is 0 Å². The number of fused-ring (bicyclic) bond motifs is 1. The highest BCUT2D eigenvalue weighted by atomic mass is 32.2. The molecule has 1 unspecified atom stereocenters. The number of benzene rings is 1. The summed E-state index contributed by atoms with van der Waals surface area (Å²) in [5.41, 5.74) is 2.16. The number of hydrogen-bond donors (Lipinski definition) is 1. The summed E-state index contributed by atoms with van der Waals surface area (Å²) in [7, 11) is -3.72. The molecule has 1 atom stereocenters. The molecule has 0 saturated carbocycles. The summed E-state index contributed by atoms with van der Waals surface area (Å²) in [5.74, 6) is -0.246. The fourth-order valence-electron chi connectivity index (χ4n) is 2.57. The molecule has 7 heteroatoms. The van der Waals surface area contributed by atoms with Crippen molar-refractivity contribution < 1.29 is 13.2 Å². The minimum atomic E-state index is -3.72. The Kier molecular flexibility index (Phi) is 3.18. The molecule has 21 heavy (non-hydrogen) atoms. The molecule has 1 amide bonds. The molecule has 0 radical (unpaired) electrons. The molecule has 6 nitrogen and oxygen atoms in total. The van der Waals surface area contributed by atoms with Gasteiger partial charge in [0, 0.05) is 24.0 Å². The molecule has 110 valence electrons. The SMILES string of the molecule is Cc1ccc2cccc(N3CC(S(N)(=O)=O)CC3=O)c2n1. The Morgan fingerprint density at radius 1 is 1.29 bits per heavy atom. The minimum absolute atomic E-state index is 0.0758. The largest absolute Gasteiger partial charge is 0.309 e. The van der Waals surface area contributed by atoms with Gasteiger partial charge in [0.15, 0.2) is 0 Å². The number of carbonyl (C=O) groups is 1. The van der Waals surface area contributed by atoms with Gasteiger partial charge in [-0.1, -0.05) is 18.2 Å². The molecule has 2 heterocycles. The molecule has 1 fully saturated rings. The Balaban J connectivity index is 2.09. The number of aromatic nitrogens is 1. The monoisotopic (exact) mass is 305 g/mol. The molecule has 1 saturated heterocycles. The maximum absolute atomic E-state index is 12.1. The van der Waals surface area contributed by atoms with E-state index in [2.05, 4.69) is 4.98 Å². The Hall–Kier alpha value is -1.99. The van der Waals surface area contributed by atoms with E-state index in [1.807, 2.05) is 31.2 Å². The Morgan fingerprint density at radius 3 is 2.71 bits per heavy atom. The number of pyridine rings is 1. The average Bonchev–Trinajstić information content (AvgIpc) is 2.80. The van der Waals surface area contributed by atoms with Crippen molar-refractivity contribution in [1.82, 2.24) is 4.98 Å². The van der Waals surface area contributed by atoms with Crippen molar-refractivity contribution in [2.45, 2.75) is 18.6 Å². The van der Waals surface area contributed by atoms with Crippen LogP contribution in [0.1, 0.15) is 12.1 Å². The molecule has 2 aromatic rings. The number of anilines is 1. The van der Waals surface area contributed by atoms with E-state index in [0.717, 1.165) is 11.1 Å². The summed E-state index contributed by atoms with van der Waals surface area (Å²) in [5, 5.41) is 5.21. The number of rotatable bonds is 2. The van der Waals surface area contributed by atoms with Gasteiger partial charge in [0.05, 0.1) is 11.2 Å². The lowest BCUT2D eigenvalue weighted by molar-refractivity contribution is -0.117. The topological polar surface area (TPSA) is 93.4 Å². The van der Waals surface area contributed by atoms with Crippen molar-refractivity contribution in [2.24, 2.45) is 5.14 Å². The van der Waals surface area contributed by atoms with Crippen LogP contribution in [-0.2, 0) is 14.8 Å². The molecule has 1 aliphatic rings. The number of sulfonamides is 1. The maximum Gasteiger partial charge on any atom is 0.228 e. The Morgan fingerprint density at radius 2 is 2.05 bits per heavy atom. The van der Waals surface area contributed by atoms with Gasteiger partial charge in [0.2, 0.25) is 15.9 Å². The van der Waals surface area contributed by atoms with Gasteiger partial charge in [-0.2, -0.15) is 0 Å². The summed E-state index contributed by atoms with van der Waals surface area (Å²) in [6.45, 7) is 1.95. The number of para-hydroxylation sites is 1. The van der Waals surface area contributed by atoms with Crippen LogP contribution >= 0.6 is 0 Å². The first-order valence-corrected chi connectivity index (χ1v) is 8.15. The fraction of sp³-hybridized carbons (Fsp3) is 0.286. The second kappa shape index (κ2) is 4.78. The first-order valence-electron chi connectivity index (χ1n) is 6.54. The van der Waals surface area contributed by atoms with Gasteiger partial charge in [0.1, 0.15) is 5.25 Å².